The van der Waals surface area contributed by atoms with Crippen molar-refractivity contribution in [3.63, 3.8) is 0 Å². The lowest BCUT2D eigenvalue weighted by Gasteiger charge is -2.22. The lowest BCUT2D eigenvalue weighted by molar-refractivity contribution is -0.146. The Labute approximate surface area is 74.2 Å². The Morgan fingerprint density at radius 3 is 2.42 bits per heavy atom. The summed E-state index contributed by atoms with van der Waals surface area (Å²) in [6.07, 6.45) is 1.02. The van der Waals surface area contributed by atoms with Gasteiger partial charge >= 0.3 is 5.97 Å². The van der Waals surface area contributed by atoms with Crippen LogP contribution in [0.3, 0.4) is 0 Å². The number of carbonyl (C=O) groups is 1. The van der Waals surface area contributed by atoms with E-state index in [9.17, 15) is 4.79 Å². The van der Waals surface area contributed by atoms with Crippen LogP contribution in [0.2, 0.25) is 0 Å². The van der Waals surface area contributed by atoms with Gasteiger partial charge in [0.2, 0.25) is 0 Å². The molecule has 0 aromatic rings. The summed E-state index contributed by atoms with van der Waals surface area (Å²) in [5.41, 5.74) is -0.663. The zero-order valence-corrected chi connectivity index (χ0v) is 8.35. The minimum absolute atomic E-state index is 0.392. The molecule has 0 heterocycles. The monoisotopic (exact) mass is 173 g/mol. The third kappa shape index (κ3) is 3.72. The van der Waals surface area contributed by atoms with Crippen molar-refractivity contribution < 1.29 is 9.90 Å². The molecule has 0 rings (SSSR count). The first-order valence-electron chi connectivity index (χ1n) is 4.37. The van der Waals surface area contributed by atoms with Gasteiger partial charge < -0.3 is 10.4 Å². The third-order valence-electron chi connectivity index (χ3n) is 2.08. The fourth-order valence-corrected chi connectivity index (χ4v) is 0.649. The Bertz CT molecular complexity index is 155. The molecule has 0 spiro atoms. The lowest BCUT2D eigenvalue weighted by Crippen LogP contribution is -2.39. The highest BCUT2D eigenvalue weighted by atomic mass is 16.4. The van der Waals surface area contributed by atoms with Gasteiger partial charge in [-0.2, -0.15) is 0 Å². The summed E-state index contributed by atoms with van der Waals surface area (Å²) in [4.78, 5) is 10.7. The lowest BCUT2D eigenvalue weighted by atomic mass is 9.93. The third-order valence-corrected chi connectivity index (χ3v) is 2.08. The number of carboxylic acid groups (broad SMARTS) is 1. The minimum Gasteiger partial charge on any atom is -0.481 e. The maximum atomic E-state index is 10.7. The van der Waals surface area contributed by atoms with Crippen LogP contribution in [0.15, 0.2) is 0 Å². The first-order chi connectivity index (χ1) is 5.40. The molecule has 0 aliphatic carbocycles. The summed E-state index contributed by atoms with van der Waals surface area (Å²) in [5, 5.41) is 12.0. The number of nitrogens with one attached hydrogen (secondary N) is 1. The topological polar surface area (TPSA) is 49.3 Å². The molecule has 0 saturated heterocycles. The number of hydrogen-bond donors (Lipinski definition) is 2. The van der Waals surface area contributed by atoms with E-state index in [0.29, 0.717) is 12.6 Å². The van der Waals surface area contributed by atoms with Crippen molar-refractivity contribution in [3.8, 4) is 0 Å². The molecular weight excluding hydrogens is 154 g/mol. The van der Waals surface area contributed by atoms with E-state index in [0.717, 1.165) is 6.42 Å². The quantitative estimate of drug-likeness (QED) is 0.662. The smallest absolute Gasteiger partial charge is 0.310 e. The SMILES string of the molecule is CCC(C)NCC(C)(C)C(=O)O. The first kappa shape index (κ1) is 11.4. The second-order valence-corrected chi connectivity index (χ2v) is 3.88. The number of hydrogen-bond acceptors (Lipinski definition) is 2. The Morgan fingerprint density at radius 1 is 1.58 bits per heavy atom. The molecule has 1 unspecified atom stereocenters. The Morgan fingerprint density at radius 2 is 2.08 bits per heavy atom. The van der Waals surface area contributed by atoms with E-state index in [1.165, 1.54) is 0 Å². The van der Waals surface area contributed by atoms with Crippen LogP contribution in [0, 0.1) is 5.41 Å². The summed E-state index contributed by atoms with van der Waals surface area (Å²) in [6, 6.07) is 0.392. The van der Waals surface area contributed by atoms with Gasteiger partial charge in [0.15, 0.2) is 0 Å². The summed E-state index contributed by atoms with van der Waals surface area (Å²) >= 11 is 0. The summed E-state index contributed by atoms with van der Waals surface area (Å²) in [7, 11) is 0. The molecule has 0 fully saturated rings. The zero-order valence-electron chi connectivity index (χ0n) is 8.35. The number of carboxylic acids is 1. The van der Waals surface area contributed by atoms with E-state index in [4.69, 9.17) is 5.11 Å². The molecule has 0 aromatic carbocycles. The fourth-order valence-electron chi connectivity index (χ4n) is 0.649. The van der Waals surface area contributed by atoms with E-state index >= 15 is 0 Å². The molecule has 0 aliphatic heterocycles. The van der Waals surface area contributed by atoms with Gasteiger partial charge in [-0.05, 0) is 27.2 Å². The van der Waals surface area contributed by atoms with Crippen molar-refractivity contribution in [1.82, 2.24) is 5.32 Å². The fraction of sp³-hybridized carbons (Fsp3) is 0.889. The summed E-state index contributed by atoms with van der Waals surface area (Å²) in [6.45, 7) is 8.11. The van der Waals surface area contributed by atoms with Crippen LogP contribution in [-0.4, -0.2) is 23.7 Å². The maximum absolute atomic E-state index is 10.7. The molecule has 3 heteroatoms. The van der Waals surface area contributed by atoms with Crippen molar-refractivity contribution >= 4 is 5.97 Å². The van der Waals surface area contributed by atoms with Gasteiger partial charge in [0.1, 0.15) is 0 Å². The highest BCUT2D eigenvalue weighted by Crippen LogP contribution is 2.13. The molecule has 2 N–H and O–H groups in total. The summed E-state index contributed by atoms with van der Waals surface area (Å²) < 4.78 is 0. The van der Waals surface area contributed by atoms with Gasteiger partial charge in [0, 0.05) is 12.6 Å². The second kappa shape index (κ2) is 4.45. The van der Waals surface area contributed by atoms with Crippen molar-refractivity contribution in [1.29, 1.82) is 0 Å². The van der Waals surface area contributed by atoms with Crippen LogP contribution in [-0.2, 0) is 4.79 Å². The van der Waals surface area contributed by atoms with E-state index in [2.05, 4.69) is 19.2 Å². The normalized spacial score (nSPS) is 14.3. The Balaban J connectivity index is 3.83. The predicted octanol–water partition coefficient (Wildman–Crippen LogP) is 1.49. The average molecular weight is 173 g/mol. The van der Waals surface area contributed by atoms with E-state index in [-0.39, 0.29) is 0 Å². The summed E-state index contributed by atoms with van der Waals surface area (Å²) in [5.74, 6) is -0.752. The van der Waals surface area contributed by atoms with E-state index in [1.54, 1.807) is 13.8 Å². The number of rotatable bonds is 5. The highest BCUT2D eigenvalue weighted by Gasteiger charge is 2.26. The van der Waals surface area contributed by atoms with Crippen molar-refractivity contribution in [2.24, 2.45) is 5.41 Å². The molecule has 72 valence electrons. The standard InChI is InChI=1S/C9H19NO2/c1-5-7(2)10-6-9(3,4)8(11)12/h7,10H,5-6H2,1-4H3,(H,11,12). The zero-order chi connectivity index (χ0) is 9.78. The van der Waals surface area contributed by atoms with Crippen LogP contribution in [0.1, 0.15) is 34.1 Å². The van der Waals surface area contributed by atoms with E-state index in [1.807, 2.05) is 0 Å². The molecule has 1 atom stereocenters. The highest BCUT2D eigenvalue weighted by molar-refractivity contribution is 5.73. The minimum atomic E-state index is -0.752. The predicted molar refractivity (Wildman–Crippen MR) is 49.2 cm³/mol. The molecule has 0 aliphatic rings. The number of aliphatic carboxylic acids is 1. The van der Waals surface area contributed by atoms with Gasteiger partial charge in [-0.25, -0.2) is 0 Å². The average Bonchev–Trinajstić information content (AvgIpc) is 2.00. The maximum Gasteiger partial charge on any atom is 0.310 e. The van der Waals surface area contributed by atoms with Crippen LogP contribution in [0.4, 0.5) is 0 Å². The van der Waals surface area contributed by atoms with Crippen LogP contribution < -0.4 is 5.32 Å². The molecule has 0 radical (unpaired) electrons. The van der Waals surface area contributed by atoms with Crippen LogP contribution in [0.5, 0.6) is 0 Å². The molecule has 0 bridgehead atoms. The van der Waals surface area contributed by atoms with Crippen LogP contribution in [0.25, 0.3) is 0 Å². The van der Waals surface area contributed by atoms with Gasteiger partial charge in [-0.15, -0.1) is 0 Å². The molecule has 0 amide bonds. The molecule has 3 nitrogen and oxygen atoms in total. The molecule has 0 aromatic heterocycles. The van der Waals surface area contributed by atoms with Crippen molar-refractivity contribution in [2.45, 2.75) is 40.2 Å². The second-order valence-electron chi connectivity index (χ2n) is 3.88. The first-order valence-corrected chi connectivity index (χ1v) is 4.37. The van der Waals surface area contributed by atoms with Gasteiger partial charge in [-0.3, -0.25) is 4.79 Å². The Hall–Kier alpha value is -0.570. The van der Waals surface area contributed by atoms with Gasteiger partial charge in [0.25, 0.3) is 0 Å². The van der Waals surface area contributed by atoms with Crippen molar-refractivity contribution in [3.05, 3.63) is 0 Å². The van der Waals surface area contributed by atoms with E-state index < -0.39 is 11.4 Å². The molecule has 12 heavy (non-hydrogen) atoms. The van der Waals surface area contributed by atoms with Gasteiger partial charge in [-0.1, -0.05) is 6.92 Å². The van der Waals surface area contributed by atoms with Crippen LogP contribution >= 0.6 is 0 Å². The molecular formula is C9H19NO2. The Kier molecular flexibility index (Phi) is 4.24. The largest absolute Gasteiger partial charge is 0.481 e. The molecule has 0 saturated carbocycles. The van der Waals surface area contributed by atoms with Crippen molar-refractivity contribution in [2.75, 3.05) is 6.54 Å². The van der Waals surface area contributed by atoms with Gasteiger partial charge in [0.05, 0.1) is 5.41 Å².